The van der Waals surface area contributed by atoms with Crippen molar-refractivity contribution < 1.29 is 38.2 Å². The zero-order valence-electron chi connectivity index (χ0n) is 39.1. The van der Waals surface area contributed by atoms with Crippen LogP contribution in [0, 0.1) is 0 Å². The molecule has 60 heavy (non-hydrogen) atoms. The molecule has 2 unspecified atom stereocenters. The van der Waals surface area contributed by atoms with Crippen molar-refractivity contribution in [3.8, 4) is 0 Å². The molecule has 0 saturated carbocycles. The highest BCUT2D eigenvalue weighted by Gasteiger charge is 2.31. The van der Waals surface area contributed by atoms with E-state index in [-0.39, 0.29) is 36.2 Å². The zero-order chi connectivity index (χ0) is 44.2. The van der Waals surface area contributed by atoms with Gasteiger partial charge in [0.05, 0.1) is 34.4 Å². The molecule has 8 nitrogen and oxygen atoms in total. The Labute approximate surface area is 368 Å². The summed E-state index contributed by atoms with van der Waals surface area (Å²) in [5.74, 6) is -1.49. The number of carbonyl (C=O) groups excluding carboxylic acids is 2. The summed E-state index contributed by atoms with van der Waals surface area (Å²) in [6.45, 7) is 4.50. The standard InChI is InChI=1S/C52H89NO7/c1-6-8-10-12-14-16-18-20-22-24-25-26-27-29-30-32-34-36-38-40-42-50(54)59-47-48(46-58-45-44-49(52(56)57)53(3,4)5)60-51(55)43-41-39-37-35-33-31-28-23-21-19-17-15-13-11-9-7-2/h8-11,14-17,20-23,48-49H,6-7,12-13,18-19,24-47H2,1-5H3/p+1/b10-8+,11-9+,16-14+,17-15+,22-20+,23-21+. The molecule has 0 radical (unpaired) electrons. The van der Waals surface area contributed by atoms with Crippen molar-refractivity contribution >= 4 is 17.9 Å². The fourth-order valence-corrected chi connectivity index (χ4v) is 6.71. The lowest BCUT2D eigenvalue weighted by molar-refractivity contribution is -0.887. The summed E-state index contributed by atoms with van der Waals surface area (Å²) in [7, 11) is 5.52. The van der Waals surface area contributed by atoms with Crippen molar-refractivity contribution in [3.63, 3.8) is 0 Å². The van der Waals surface area contributed by atoms with Crippen LogP contribution in [0.15, 0.2) is 72.9 Å². The number of likely N-dealkylation sites (N-methyl/N-ethyl adjacent to an activating group) is 1. The number of carboxylic acids is 1. The Morgan fingerprint density at radius 1 is 0.500 bits per heavy atom. The van der Waals surface area contributed by atoms with Gasteiger partial charge in [-0.1, -0.05) is 164 Å². The number of rotatable bonds is 42. The lowest BCUT2D eigenvalue weighted by Crippen LogP contribution is -2.50. The van der Waals surface area contributed by atoms with Gasteiger partial charge >= 0.3 is 17.9 Å². The van der Waals surface area contributed by atoms with E-state index in [4.69, 9.17) is 14.2 Å². The molecular formula is C52H90NO7+. The molecule has 0 aliphatic carbocycles. The number of ether oxygens (including phenoxy) is 3. The first kappa shape index (κ1) is 56.8. The summed E-state index contributed by atoms with van der Waals surface area (Å²) in [4.78, 5) is 37.1. The minimum absolute atomic E-state index is 0.0516. The number of esters is 2. The largest absolute Gasteiger partial charge is 0.477 e. The number of carbonyl (C=O) groups is 3. The molecule has 8 heteroatoms. The maximum absolute atomic E-state index is 12.8. The van der Waals surface area contributed by atoms with Gasteiger partial charge in [-0.15, -0.1) is 0 Å². The van der Waals surface area contributed by atoms with Crippen LogP contribution in [0.3, 0.4) is 0 Å². The first-order valence-electron chi connectivity index (χ1n) is 24.0. The van der Waals surface area contributed by atoms with Gasteiger partial charge < -0.3 is 23.8 Å². The molecule has 0 spiro atoms. The molecule has 0 aliphatic rings. The van der Waals surface area contributed by atoms with Crippen molar-refractivity contribution in [1.82, 2.24) is 0 Å². The Bertz CT molecular complexity index is 1210. The highest BCUT2D eigenvalue weighted by Crippen LogP contribution is 2.14. The summed E-state index contributed by atoms with van der Waals surface area (Å²) >= 11 is 0. The Morgan fingerprint density at radius 3 is 1.30 bits per heavy atom. The lowest BCUT2D eigenvalue weighted by atomic mass is 10.1. The van der Waals surface area contributed by atoms with Crippen LogP contribution in [0.5, 0.6) is 0 Å². The van der Waals surface area contributed by atoms with Crippen LogP contribution in [0.1, 0.15) is 187 Å². The van der Waals surface area contributed by atoms with Gasteiger partial charge in [0.1, 0.15) is 6.61 Å². The molecule has 0 saturated heterocycles. The Morgan fingerprint density at radius 2 is 0.883 bits per heavy atom. The Kier molecular flexibility index (Phi) is 40.2. The van der Waals surface area contributed by atoms with Crippen molar-refractivity contribution in [2.24, 2.45) is 0 Å². The van der Waals surface area contributed by atoms with Crippen LogP contribution in [-0.4, -0.2) is 80.6 Å². The van der Waals surface area contributed by atoms with Gasteiger partial charge in [0.2, 0.25) is 0 Å². The molecule has 2 atom stereocenters. The van der Waals surface area contributed by atoms with E-state index in [9.17, 15) is 19.5 Å². The predicted octanol–water partition coefficient (Wildman–Crippen LogP) is 13.5. The van der Waals surface area contributed by atoms with Gasteiger partial charge in [-0.05, 0) is 77.0 Å². The lowest BCUT2D eigenvalue weighted by Gasteiger charge is -2.31. The summed E-state index contributed by atoms with van der Waals surface area (Å²) < 4.78 is 17.3. The Hall–Kier alpha value is -3.23. The van der Waals surface area contributed by atoms with Crippen LogP contribution in [0.25, 0.3) is 0 Å². The highest BCUT2D eigenvalue weighted by molar-refractivity contribution is 5.72. The normalized spacial score (nSPS) is 13.6. The summed E-state index contributed by atoms with van der Waals surface area (Å²) in [6, 6.07) is -0.621. The topological polar surface area (TPSA) is 99.1 Å². The first-order valence-corrected chi connectivity index (χ1v) is 24.0. The van der Waals surface area contributed by atoms with Crippen LogP contribution in [0.4, 0.5) is 0 Å². The number of quaternary nitrogens is 1. The molecule has 344 valence electrons. The van der Waals surface area contributed by atoms with E-state index in [1.807, 2.05) is 21.1 Å². The second-order valence-electron chi connectivity index (χ2n) is 17.0. The average molecular weight is 841 g/mol. The van der Waals surface area contributed by atoms with E-state index in [0.717, 1.165) is 89.9 Å². The molecule has 0 fully saturated rings. The third kappa shape index (κ3) is 40.2. The summed E-state index contributed by atoms with van der Waals surface area (Å²) in [6.07, 6.45) is 53.7. The quantitative estimate of drug-likeness (QED) is 0.0283. The van der Waals surface area contributed by atoms with Crippen molar-refractivity contribution in [2.75, 3.05) is 41.0 Å². The number of allylic oxidation sites excluding steroid dienone is 12. The monoisotopic (exact) mass is 841 g/mol. The van der Waals surface area contributed by atoms with Gasteiger partial charge in [0.25, 0.3) is 0 Å². The molecule has 0 heterocycles. The minimum atomic E-state index is -0.880. The third-order valence-electron chi connectivity index (χ3n) is 10.4. The second kappa shape index (κ2) is 42.5. The third-order valence-corrected chi connectivity index (χ3v) is 10.4. The molecule has 0 aromatic carbocycles. The van der Waals surface area contributed by atoms with Gasteiger partial charge in [-0.25, -0.2) is 4.79 Å². The maximum atomic E-state index is 12.8. The molecule has 0 aromatic heterocycles. The maximum Gasteiger partial charge on any atom is 0.362 e. The van der Waals surface area contributed by atoms with Crippen molar-refractivity contribution in [1.29, 1.82) is 0 Å². The SMILES string of the molecule is CC/C=C/C/C=C/C/C=C/CCCCCCCCCCCCC(=O)OCC(COCCC(C(=O)O)[N+](C)(C)C)OC(=O)CCCCCCCC/C=C/C/C=C/C/C=C/CC. The molecule has 0 bridgehead atoms. The number of unbranched alkanes of at least 4 members (excludes halogenated alkanes) is 16. The molecule has 0 aliphatic heterocycles. The molecule has 0 rings (SSSR count). The van der Waals surface area contributed by atoms with Crippen LogP contribution in [-0.2, 0) is 28.6 Å². The van der Waals surface area contributed by atoms with Crippen LogP contribution < -0.4 is 0 Å². The van der Waals surface area contributed by atoms with Crippen LogP contribution >= 0.6 is 0 Å². The van der Waals surface area contributed by atoms with Gasteiger partial charge in [0, 0.05) is 19.3 Å². The summed E-state index contributed by atoms with van der Waals surface area (Å²) in [5.41, 5.74) is 0. The fourth-order valence-electron chi connectivity index (χ4n) is 6.71. The van der Waals surface area contributed by atoms with E-state index in [0.29, 0.717) is 19.3 Å². The first-order chi connectivity index (χ1) is 29.1. The molecular weight excluding hydrogens is 751 g/mol. The van der Waals surface area contributed by atoms with Crippen LogP contribution in [0.2, 0.25) is 0 Å². The average Bonchev–Trinajstić information content (AvgIpc) is 3.21. The number of aliphatic carboxylic acids is 1. The molecule has 1 N–H and O–H groups in total. The van der Waals surface area contributed by atoms with E-state index in [1.165, 1.54) is 64.2 Å². The van der Waals surface area contributed by atoms with E-state index in [2.05, 4.69) is 86.8 Å². The minimum Gasteiger partial charge on any atom is -0.477 e. The van der Waals surface area contributed by atoms with E-state index in [1.54, 1.807) is 0 Å². The molecule has 0 amide bonds. The fraction of sp³-hybridized carbons (Fsp3) is 0.712. The number of hydrogen-bond acceptors (Lipinski definition) is 6. The predicted molar refractivity (Wildman–Crippen MR) is 252 cm³/mol. The van der Waals surface area contributed by atoms with Gasteiger partial charge in [-0.2, -0.15) is 0 Å². The van der Waals surface area contributed by atoms with Crippen molar-refractivity contribution in [2.45, 2.75) is 199 Å². The number of hydrogen-bond donors (Lipinski definition) is 1. The smallest absolute Gasteiger partial charge is 0.362 e. The number of nitrogens with zero attached hydrogens (tertiary/aromatic N) is 1. The van der Waals surface area contributed by atoms with Crippen molar-refractivity contribution in [3.05, 3.63) is 72.9 Å². The highest BCUT2D eigenvalue weighted by atomic mass is 16.6. The van der Waals surface area contributed by atoms with Gasteiger partial charge in [0.15, 0.2) is 12.1 Å². The molecule has 0 aromatic rings. The van der Waals surface area contributed by atoms with E-state index < -0.39 is 18.1 Å². The summed E-state index contributed by atoms with van der Waals surface area (Å²) in [5, 5.41) is 9.64. The van der Waals surface area contributed by atoms with E-state index >= 15 is 0 Å². The zero-order valence-corrected chi connectivity index (χ0v) is 39.1. The van der Waals surface area contributed by atoms with Gasteiger partial charge in [-0.3, -0.25) is 9.59 Å². The number of carboxylic acid groups (broad SMARTS) is 1. The second-order valence-corrected chi connectivity index (χ2v) is 17.0. The Balaban J connectivity index is 4.30.